The van der Waals surface area contributed by atoms with Gasteiger partial charge in [0.2, 0.25) is 5.91 Å². The number of fused-ring (bicyclic) bond motifs is 1. The van der Waals surface area contributed by atoms with Gasteiger partial charge in [0.05, 0.1) is 5.92 Å². The van der Waals surface area contributed by atoms with Gasteiger partial charge in [-0.2, -0.15) is 0 Å². The summed E-state index contributed by atoms with van der Waals surface area (Å²) in [6.07, 6.45) is 1.71. The molecule has 2 heterocycles. The molecular weight excluding hydrogens is 302 g/mol. The topological polar surface area (TPSA) is 65.2 Å². The summed E-state index contributed by atoms with van der Waals surface area (Å²) in [5.74, 6) is 0.373. The molecule has 1 aliphatic heterocycles. The first-order valence-electron chi connectivity index (χ1n) is 8.69. The van der Waals surface area contributed by atoms with Gasteiger partial charge in [0, 0.05) is 30.5 Å². The second kappa shape index (κ2) is 7.07. The zero-order valence-corrected chi connectivity index (χ0v) is 14.3. The third-order valence-electron chi connectivity index (χ3n) is 4.52. The van der Waals surface area contributed by atoms with Gasteiger partial charge in [-0.3, -0.25) is 9.59 Å². The van der Waals surface area contributed by atoms with Crippen LogP contribution in [0.5, 0.6) is 0 Å². The number of H-pyrrole nitrogens is 1. The van der Waals surface area contributed by atoms with Crippen molar-refractivity contribution in [3.8, 4) is 0 Å². The van der Waals surface area contributed by atoms with Crippen LogP contribution in [0, 0.1) is 11.8 Å². The lowest BCUT2D eigenvalue weighted by atomic mass is 9.96. The van der Waals surface area contributed by atoms with Crippen LogP contribution in [0.25, 0.3) is 10.9 Å². The van der Waals surface area contributed by atoms with Crippen molar-refractivity contribution in [3.63, 3.8) is 0 Å². The summed E-state index contributed by atoms with van der Waals surface area (Å²) in [4.78, 5) is 30.0. The van der Waals surface area contributed by atoms with E-state index >= 15 is 0 Å². The molecule has 0 unspecified atom stereocenters. The fraction of sp³-hybridized carbons (Fsp3) is 0.474. The Labute approximate surface area is 142 Å². The maximum Gasteiger partial charge on any atom is 0.270 e. The number of benzene rings is 1. The Kier molecular flexibility index (Phi) is 4.88. The maximum atomic E-state index is 12.8. The Bertz CT molecular complexity index is 702. The van der Waals surface area contributed by atoms with E-state index in [2.05, 4.69) is 24.1 Å². The number of hydrogen-bond acceptors (Lipinski definition) is 2. The molecule has 5 heteroatoms. The highest BCUT2D eigenvalue weighted by Crippen LogP contribution is 2.21. The predicted molar refractivity (Wildman–Crippen MR) is 94.8 cm³/mol. The van der Waals surface area contributed by atoms with Crippen molar-refractivity contribution >= 4 is 22.7 Å². The summed E-state index contributed by atoms with van der Waals surface area (Å²) in [7, 11) is 0. The van der Waals surface area contributed by atoms with Gasteiger partial charge in [-0.15, -0.1) is 0 Å². The van der Waals surface area contributed by atoms with E-state index in [-0.39, 0.29) is 17.7 Å². The number of likely N-dealkylation sites (tertiary alicyclic amines) is 1. The SMILES string of the molecule is CC(C)CNC(=O)[C@H]1CCCN(C(=O)c2cc3ccccc3[nH]2)C1. The monoisotopic (exact) mass is 327 g/mol. The molecule has 0 spiro atoms. The number of nitrogens with zero attached hydrogens (tertiary/aromatic N) is 1. The van der Waals surface area contributed by atoms with Crippen LogP contribution in [0.3, 0.4) is 0 Å². The molecule has 5 nitrogen and oxygen atoms in total. The Morgan fingerprint density at radius 2 is 2.12 bits per heavy atom. The van der Waals surface area contributed by atoms with Gasteiger partial charge in [0.25, 0.3) is 5.91 Å². The molecule has 2 amide bonds. The minimum atomic E-state index is -0.106. The summed E-state index contributed by atoms with van der Waals surface area (Å²) in [6.45, 7) is 6.05. The molecule has 2 N–H and O–H groups in total. The quantitative estimate of drug-likeness (QED) is 0.907. The van der Waals surface area contributed by atoms with Crippen molar-refractivity contribution in [1.29, 1.82) is 0 Å². The standard InChI is InChI=1S/C19H25N3O2/c1-13(2)11-20-18(23)15-7-5-9-22(12-15)19(24)17-10-14-6-3-4-8-16(14)21-17/h3-4,6,8,10,13,15,21H,5,7,9,11-12H2,1-2H3,(H,20,23)/t15-/m0/s1. The molecule has 0 saturated carbocycles. The largest absolute Gasteiger partial charge is 0.356 e. The summed E-state index contributed by atoms with van der Waals surface area (Å²) in [6, 6.07) is 9.75. The van der Waals surface area contributed by atoms with Crippen molar-refractivity contribution in [2.24, 2.45) is 11.8 Å². The number of piperidine rings is 1. The van der Waals surface area contributed by atoms with E-state index in [9.17, 15) is 9.59 Å². The van der Waals surface area contributed by atoms with Gasteiger partial charge in [-0.05, 0) is 30.9 Å². The Hall–Kier alpha value is -2.30. The Balaban J connectivity index is 1.67. The van der Waals surface area contributed by atoms with Gasteiger partial charge < -0.3 is 15.2 Å². The van der Waals surface area contributed by atoms with Crippen LogP contribution in [-0.4, -0.2) is 41.3 Å². The number of aromatic nitrogens is 1. The van der Waals surface area contributed by atoms with E-state index in [1.807, 2.05) is 30.3 Å². The molecule has 1 aromatic carbocycles. The normalized spacial score (nSPS) is 18.1. The minimum absolute atomic E-state index is 0.0208. The number of amides is 2. The molecule has 2 aromatic rings. The maximum absolute atomic E-state index is 12.8. The summed E-state index contributed by atoms with van der Waals surface area (Å²) >= 11 is 0. The van der Waals surface area contributed by atoms with Gasteiger partial charge >= 0.3 is 0 Å². The molecule has 128 valence electrons. The van der Waals surface area contributed by atoms with Crippen molar-refractivity contribution in [2.75, 3.05) is 19.6 Å². The van der Waals surface area contributed by atoms with Gasteiger partial charge in [-0.25, -0.2) is 0 Å². The fourth-order valence-electron chi connectivity index (χ4n) is 3.18. The lowest BCUT2D eigenvalue weighted by Gasteiger charge is -2.32. The molecule has 1 saturated heterocycles. The Morgan fingerprint density at radius 3 is 2.88 bits per heavy atom. The van der Waals surface area contributed by atoms with Crippen molar-refractivity contribution < 1.29 is 9.59 Å². The number of rotatable bonds is 4. The second-order valence-electron chi connectivity index (χ2n) is 7.00. The van der Waals surface area contributed by atoms with Crippen LogP contribution in [0.1, 0.15) is 37.2 Å². The summed E-state index contributed by atoms with van der Waals surface area (Å²) < 4.78 is 0. The van der Waals surface area contributed by atoms with Crippen LogP contribution in [0.15, 0.2) is 30.3 Å². The number of carbonyl (C=O) groups is 2. The lowest BCUT2D eigenvalue weighted by molar-refractivity contribution is -0.126. The van der Waals surface area contributed by atoms with Crippen LogP contribution in [-0.2, 0) is 4.79 Å². The van der Waals surface area contributed by atoms with Gasteiger partial charge in [0.15, 0.2) is 0 Å². The molecule has 1 fully saturated rings. The number of nitrogens with one attached hydrogen (secondary N) is 2. The minimum Gasteiger partial charge on any atom is -0.356 e. The number of carbonyl (C=O) groups excluding carboxylic acids is 2. The van der Waals surface area contributed by atoms with Gasteiger partial charge in [-0.1, -0.05) is 32.0 Å². The van der Waals surface area contributed by atoms with Crippen molar-refractivity contribution in [3.05, 3.63) is 36.0 Å². The van der Waals surface area contributed by atoms with E-state index in [0.29, 0.717) is 31.2 Å². The van der Waals surface area contributed by atoms with Crippen LogP contribution < -0.4 is 5.32 Å². The van der Waals surface area contributed by atoms with Crippen molar-refractivity contribution in [1.82, 2.24) is 15.2 Å². The van der Waals surface area contributed by atoms with E-state index in [1.54, 1.807) is 4.90 Å². The number of aromatic amines is 1. The van der Waals surface area contributed by atoms with Crippen LogP contribution in [0.2, 0.25) is 0 Å². The predicted octanol–water partition coefficient (Wildman–Crippen LogP) is 2.79. The van der Waals surface area contributed by atoms with E-state index < -0.39 is 0 Å². The molecule has 0 radical (unpaired) electrons. The number of hydrogen-bond donors (Lipinski definition) is 2. The first-order chi connectivity index (χ1) is 11.5. The molecule has 3 rings (SSSR count). The zero-order chi connectivity index (χ0) is 17.1. The average Bonchev–Trinajstić information content (AvgIpc) is 3.03. The fourth-order valence-corrected chi connectivity index (χ4v) is 3.18. The third-order valence-corrected chi connectivity index (χ3v) is 4.52. The van der Waals surface area contributed by atoms with E-state index in [0.717, 1.165) is 23.7 Å². The first kappa shape index (κ1) is 16.6. The zero-order valence-electron chi connectivity index (χ0n) is 14.3. The number of para-hydroxylation sites is 1. The molecule has 0 bridgehead atoms. The van der Waals surface area contributed by atoms with E-state index in [1.165, 1.54) is 0 Å². The highest BCUT2D eigenvalue weighted by atomic mass is 16.2. The summed E-state index contributed by atoms with van der Waals surface area (Å²) in [5.41, 5.74) is 1.56. The smallest absolute Gasteiger partial charge is 0.270 e. The third kappa shape index (κ3) is 3.61. The molecular formula is C19H25N3O2. The summed E-state index contributed by atoms with van der Waals surface area (Å²) in [5, 5.41) is 4.02. The van der Waals surface area contributed by atoms with Crippen LogP contribution in [0.4, 0.5) is 0 Å². The highest BCUT2D eigenvalue weighted by Gasteiger charge is 2.29. The molecule has 1 aromatic heterocycles. The average molecular weight is 327 g/mol. The molecule has 1 aliphatic rings. The second-order valence-corrected chi connectivity index (χ2v) is 7.00. The van der Waals surface area contributed by atoms with Gasteiger partial charge in [0.1, 0.15) is 5.69 Å². The van der Waals surface area contributed by atoms with Crippen LogP contribution >= 0.6 is 0 Å². The van der Waals surface area contributed by atoms with Crippen molar-refractivity contribution in [2.45, 2.75) is 26.7 Å². The first-order valence-corrected chi connectivity index (χ1v) is 8.69. The Morgan fingerprint density at radius 1 is 1.33 bits per heavy atom. The molecule has 0 aliphatic carbocycles. The molecule has 1 atom stereocenters. The highest BCUT2D eigenvalue weighted by molar-refractivity contribution is 5.98. The van der Waals surface area contributed by atoms with E-state index in [4.69, 9.17) is 0 Å². The lowest BCUT2D eigenvalue weighted by Crippen LogP contribution is -2.46. The molecule has 24 heavy (non-hydrogen) atoms.